The predicted octanol–water partition coefficient (Wildman–Crippen LogP) is 2.54. The van der Waals surface area contributed by atoms with Gasteiger partial charge in [0.25, 0.3) is 0 Å². The first kappa shape index (κ1) is 15.1. The van der Waals surface area contributed by atoms with E-state index >= 15 is 0 Å². The Morgan fingerprint density at radius 3 is 1.81 bits per heavy atom. The van der Waals surface area contributed by atoms with Gasteiger partial charge in [-0.1, -0.05) is 41.5 Å². The second-order valence-electron chi connectivity index (χ2n) is 6.51. The van der Waals surface area contributed by atoms with Crippen molar-refractivity contribution < 1.29 is 9.59 Å². The summed E-state index contributed by atoms with van der Waals surface area (Å²) in [6.45, 7) is 12.5. The maximum atomic E-state index is 11.6. The highest BCUT2D eigenvalue weighted by molar-refractivity contribution is 5.88. The molecule has 0 rings (SSSR count). The third-order valence-electron chi connectivity index (χ3n) is 2.23. The van der Waals surface area contributed by atoms with Crippen LogP contribution in [0.25, 0.3) is 0 Å². The molecule has 1 amide bonds. The molecule has 0 aromatic carbocycles. The monoisotopic (exact) mass is 227 g/mol. The molecule has 0 radical (unpaired) electrons. The van der Waals surface area contributed by atoms with E-state index in [0.717, 1.165) is 0 Å². The van der Waals surface area contributed by atoms with E-state index in [1.165, 1.54) is 0 Å². The van der Waals surface area contributed by atoms with Crippen LogP contribution in [0, 0.1) is 10.8 Å². The van der Waals surface area contributed by atoms with Crippen molar-refractivity contribution in [2.24, 2.45) is 10.8 Å². The SMILES string of the molecule is CC(C)(C)CNC(=O)CCC(=O)C(C)(C)C. The summed E-state index contributed by atoms with van der Waals surface area (Å²) >= 11 is 0. The second-order valence-corrected chi connectivity index (χ2v) is 6.51. The fourth-order valence-corrected chi connectivity index (χ4v) is 1.05. The molecule has 0 aliphatic carbocycles. The number of ketones is 1. The minimum Gasteiger partial charge on any atom is -0.356 e. The van der Waals surface area contributed by atoms with Crippen LogP contribution < -0.4 is 5.32 Å². The van der Waals surface area contributed by atoms with E-state index in [1.807, 2.05) is 20.8 Å². The number of hydrogen-bond donors (Lipinski definition) is 1. The molecule has 0 unspecified atom stereocenters. The summed E-state index contributed by atoms with van der Waals surface area (Å²) in [5, 5.41) is 2.84. The van der Waals surface area contributed by atoms with Gasteiger partial charge in [-0.2, -0.15) is 0 Å². The van der Waals surface area contributed by atoms with E-state index in [4.69, 9.17) is 0 Å². The molecule has 0 aliphatic rings. The van der Waals surface area contributed by atoms with Gasteiger partial charge in [0.15, 0.2) is 0 Å². The Labute approximate surface area is 99.0 Å². The van der Waals surface area contributed by atoms with Gasteiger partial charge in [0.2, 0.25) is 5.91 Å². The molecule has 0 aliphatic heterocycles. The summed E-state index contributed by atoms with van der Waals surface area (Å²) in [5.41, 5.74) is -0.256. The summed E-state index contributed by atoms with van der Waals surface area (Å²) < 4.78 is 0. The van der Waals surface area contributed by atoms with Crippen LogP contribution in [0.5, 0.6) is 0 Å². The van der Waals surface area contributed by atoms with Crippen molar-refractivity contribution in [1.82, 2.24) is 5.32 Å². The van der Waals surface area contributed by atoms with Gasteiger partial charge in [-0.15, -0.1) is 0 Å². The van der Waals surface area contributed by atoms with Crippen LogP contribution in [0.1, 0.15) is 54.4 Å². The number of hydrogen-bond acceptors (Lipinski definition) is 2. The Bertz CT molecular complexity index is 256. The number of carbonyl (C=O) groups excluding carboxylic acids is 2. The molecule has 0 aromatic rings. The summed E-state index contributed by atoms with van der Waals surface area (Å²) in [4.78, 5) is 23.0. The highest BCUT2D eigenvalue weighted by Gasteiger charge is 2.21. The van der Waals surface area contributed by atoms with Crippen LogP contribution in [-0.4, -0.2) is 18.2 Å². The molecule has 1 N–H and O–H groups in total. The smallest absolute Gasteiger partial charge is 0.220 e. The number of carbonyl (C=O) groups is 2. The topological polar surface area (TPSA) is 46.2 Å². The van der Waals surface area contributed by atoms with Gasteiger partial charge in [-0.3, -0.25) is 9.59 Å². The first-order valence-corrected chi connectivity index (χ1v) is 5.82. The van der Waals surface area contributed by atoms with Crippen molar-refractivity contribution in [3.63, 3.8) is 0 Å². The maximum absolute atomic E-state index is 11.6. The van der Waals surface area contributed by atoms with Gasteiger partial charge in [0.1, 0.15) is 5.78 Å². The molecule has 3 heteroatoms. The van der Waals surface area contributed by atoms with Gasteiger partial charge < -0.3 is 5.32 Å². The normalized spacial score (nSPS) is 12.4. The van der Waals surface area contributed by atoms with Crippen LogP contribution >= 0.6 is 0 Å². The zero-order chi connectivity index (χ0) is 13.0. The Balaban J connectivity index is 3.88. The lowest BCUT2D eigenvalue weighted by atomic mass is 9.88. The number of rotatable bonds is 4. The molecular weight excluding hydrogens is 202 g/mol. The lowest BCUT2D eigenvalue weighted by molar-refractivity contribution is -0.129. The van der Waals surface area contributed by atoms with E-state index in [0.29, 0.717) is 19.4 Å². The summed E-state index contributed by atoms with van der Waals surface area (Å²) in [7, 11) is 0. The van der Waals surface area contributed by atoms with Gasteiger partial charge in [-0.25, -0.2) is 0 Å². The van der Waals surface area contributed by atoms with Gasteiger partial charge in [0, 0.05) is 24.8 Å². The second kappa shape index (κ2) is 5.46. The van der Waals surface area contributed by atoms with Gasteiger partial charge >= 0.3 is 0 Å². The van der Waals surface area contributed by atoms with Crippen molar-refractivity contribution >= 4 is 11.7 Å². The van der Waals surface area contributed by atoms with Crippen LogP contribution in [0.3, 0.4) is 0 Å². The third-order valence-corrected chi connectivity index (χ3v) is 2.23. The van der Waals surface area contributed by atoms with Crippen molar-refractivity contribution in [3.05, 3.63) is 0 Å². The average molecular weight is 227 g/mol. The average Bonchev–Trinajstić information content (AvgIpc) is 2.08. The van der Waals surface area contributed by atoms with Crippen molar-refractivity contribution in [1.29, 1.82) is 0 Å². The Kier molecular flexibility index (Phi) is 5.17. The van der Waals surface area contributed by atoms with Gasteiger partial charge in [-0.05, 0) is 5.41 Å². The lowest BCUT2D eigenvalue weighted by Crippen LogP contribution is -2.33. The Morgan fingerprint density at radius 2 is 1.44 bits per heavy atom. The van der Waals surface area contributed by atoms with E-state index in [-0.39, 0.29) is 22.5 Å². The molecule has 0 fully saturated rings. The zero-order valence-electron chi connectivity index (χ0n) is 11.4. The predicted molar refractivity (Wildman–Crippen MR) is 66.2 cm³/mol. The van der Waals surface area contributed by atoms with E-state index in [1.54, 1.807) is 0 Å². The summed E-state index contributed by atoms with van der Waals surface area (Å²) in [6.07, 6.45) is 0.631. The van der Waals surface area contributed by atoms with Crippen molar-refractivity contribution in [2.75, 3.05) is 6.54 Å². The van der Waals surface area contributed by atoms with Crippen molar-refractivity contribution in [3.8, 4) is 0 Å². The summed E-state index contributed by atoms with van der Waals surface area (Å²) in [5.74, 6) is 0.103. The van der Waals surface area contributed by atoms with Crippen LogP contribution in [0.15, 0.2) is 0 Å². The molecule has 0 saturated heterocycles. The third kappa shape index (κ3) is 7.43. The fraction of sp³-hybridized carbons (Fsp3) is 0.846. The molecule has 0 bridgehead atoms. The molecule has 0 atom stereocenters. The van der Waals surface area contributed by atoms with E-state index in [9.17, 15) is 9.59 Å². The minimum atomic E-state index is -0.343. The van der Waals surface area contributed by atoms with Gasteiger partial charge in [0.05, 0.1) is 0 Å². The highest BCUT2D eigenvalue weighted by atomic mass is 16.2. The molecule has 0 heterocycles. The van der Waals surface area contributed by atoms with Crippen molar-refractivity contribution in [2.45, 2.75) is 54.4 Å². The molecule has 0 aromatic heterocycles. The summed E-state index contributed by atoms with van der Waals surface area (Å²) in [6, 6.07) is 0. The molecule has 16 heavy (non-hydrogen) atoms. The highest BCUT2D eigenvalue weighted by Crippen LogP contribution is 2.17. The minimum absolute atomic E-state index is 0.0347. The largest absolute Gasteiger partial charge is 0.356 e. The fourth-order valence-electron chi connectivity index (χ4n) is 1.05. The van der Waals surface area contributed by atoms with E-state index < -0.39 is 0 Å². The lowest BCUT2D eigenvalue weighted by Gasteiger charge is -2.19. The molecule has 3 nitrogen and oxygen atoms in total. The molecule has 0 spiro atoms. The maximum Gasteiger partial charge on any atom is 0.220 e. The first-order valence-electron chi connectivity index (χ1n) is 5.82. The quantitative estimate of drug-likeness (QED) is 0.802. The molecule has 94 valence electrons. The number of amides is 1. The Morgan fingerprint density at radius 1 is 0.938 bits per heavy atom. The van der Waals surface area contributed by atoms with Crippen LogP contribution in [0.2, 0.25) is 0 Å². The number of Topliss-reactive ketones (excluding diaryl/α,β-unsaturated/α-hetero) is 1. The van der Waals surface area contributed by atoms with E-state index in [2.05, 4.69) is 26.1 Å². The zero-order valence-corrected chi connectivity index (χ0v) is 11.4. The molecule has 0 saturated carbocycles. The van der Waals surface area contributed by atoms with Crippen LogP contribution in [0.4, 0.5) is 0 Å². The Hall–Kier alpha value is -0.860. The van der Waals surface area contributed by atoms with Crippen LogP contribution in [-0.2, 0) is 9.59 Å². The first-order chi connectivity index (χ1) is 7.02. The molecular formula is C13H25NO2. The number of nitrogens with one attached hydrogen (secondary N) is 1. The standard InChI is InChI=1S/C13H25NO2/c1-12(2,3)9-14-11(16)8-7-10(15)13(4,5)6/h7-9H2,1-6H3,(H,14,16).